The highest BCUT2D eigenvalue weighted by atomic mass is 32.2. The van der Waals surface area contributed by atoms with Crippen molar-refractivity contribution in [2.75, 3.05) is 5.75 Å². The first-order valence-corrected chi connectivity index (χ1v) is 10.2. The number of ether oxygens (including phenoxy) is 1. The molecule has 4 rings (SSSR count). The summed E-state index contributed by atoms with van der Waals surface area (Å²) in [6.45, 7) is 0.119. The monoisotopic (exact) mass is 406 g/mol. The molecule has 2 aromatic carbocycles. The molecule has 5 nitrogen and oxygen atoms in total. The van der Waals surface area contributed by atoms with Gasteiger partial charge in [-0.15, -0.1) is 10.2 Å². The number of benzene rings is 2. The zero-order valence-electron chi connectivity index (χ0n) is 15.6. The van der Waals surface area contributed by atoms with Crippen molar-refractivity contribution in [1.82, 2.24) is 19.7 Å². The van der Waals surface area contributed by atoms with Gasteiger partial charge in [-0.25, -0.2) is 4.39 Å². The maximum atomic E-state index is 13.9. The van der Waals surface area contributed by atoms with E-state index in [-0.39, 0.29) is 12.4 Å². The van der Waals surface area contributed by atoms with Gasteiger partial charge < -0.3 is 4.74 Å². The van der Waals surface area contributed by atoms with Crippen LogP contribution < -0.4 is 4.74 Å². The van der Waals surface area contributed by atoms with Crippen molar-refractivity contribution in [3.8, 4) is 11.4 Å². The molecule has 0 aliphatic heterocycles. The quantitative estimate of drug-likeness (QED) is 0.397. The predicted octanol–water partition coefficient (Wildman–Crippen LogP) is 4.72. The molecule has 0 spiro atoms. The van der Waals surface area contributed by atoms with E-state index in [1.165, 1.54) is 11.6 Å². The zero-order valence-corrected chi connectivity index (χ0v) is 16.4. The van der Waals surface area contributed by atoms with Gasteiger partial charge in [0.05, 0.1) is 0 Å². The van der Waals surface area contributed by atoms with Crippen LogP contribution in [0.5, 0.6) is 5.75 Å². The van der Waals surface area contributed by atoms with Gasteiger partial charge in [0.1, 0.15) is 6.61 Å². The number of hydrogen-bond acceptors (Lipinski definition) is 5. The summed E-state index contributed by atoms with van der Waals surface area (Å²) in [4.78, 5) is 4.05. The summed E-state index contributed by atoms with van der Waals surface area (Å²) in [5, 5.41) is 9.42. The Bertz CT molecular complexity index is 1060. The summed E-state index contributed by atoms with van der Waals surface area (Å²) >= 11 is 1.62. The molecule has 0 fully saturated rings. The van der Waals surface area contributed by atoms with Crippen LogP contribution in [0.15, 0.2) is 84.3 Å². The Morgan fingerprint density at radius 1 is 0.897 bits per heavy atom. The Hall–Kier alpha value is -3.19. The van der Waals surface area contributed by atoms with Gasteiger partial charge in [0.15, 0.2) is 22.5 Å². The number of aromatic nitrogens is 4. The lowest BCUT2D eigenvalue weighted by Crippen LogP contribution is -2.07. The van der Waals surface area contributed by atoms with Gasteiger partial charge in [-0.1, -0.05) is 42.1 Å². The second-order valence-electron chi connectivity index (χ2n) is 6.24. The van der Waals surface area contributed by atoms with Crippen LogP contribution in [0.4, 0.5) is 4.39 Å². The molecule has 0 atom stereocenters. The molecule has 146 valence electrons. The van der Waals surface area contributed by atoms with E-state index in [9.17, 15) is 4.39 Å². The van der Waals surface area contributed by atoms with Gasteiger partial charge >= 0.3 is 0 Å². The summed E-state index contributed by atoms with van der Waals surface area (Å²) in [5.74, 6) is 1.27. The number of para-hydroxylation sites is 2. The van der Waals surface area contributed by atoms with E-state index in [0.29, 0.717) is 5.82 Å². The van der Waals surface area contributed by atoms with Crippen molar-refractivity contribution in [3.05, 3.63) is 96.3 Å². The maximum absolute atomic E-state index is 13.9. The van der Waals surface area contributed by atoms with Crippen molar-refractivity contribution >= 4 is 11.8 Å². The van der Waals surface area contributed by atoms with Crippen LogP contribution in [-0.4, -0.2) is 25.5 Å². The SMILES string of the molecule is Fc1ccccc1OCc1nnc(SCCc2ccncc2)n1-c1ccccc1. The third-order valence-corrected chi connectivity index (χ3v) is 5.21. The molecule has 2 aromatic heterocycles. The standard InChI is InChI=1S/C22H19FN4OS/c23-19-8-4-5-9-20(19)28-16-21-25-26-22(27(21)18-6-2-1-3-7-18)29-15-12-17-10-13-24-14-11-17/h1-11,13-14H,12,15-16H2. The maximum Gasteiger partial charge on any atom is 0.195 e. The third kappa shape index (κ3) is 4.81. The normalized spacial score (nSPS) is 10.8. The molecule has 0 amide bonds. The molecule has 2 heterocycles. The lowest BCUT2D eigenvalue weighted by molar-refractivity contribution is 0.278. The van der Waals surface area contributed by atoms with Crippen molar-refractivity contribution in [2.45, 2.75) is 18.2 Å². The second kappa shape index (κ2) is 9.34. The van der Waals surface area contributed by atoms with Crippen LogP contribution in [0.3, 0.4) is 0 Å². The van der Waals surface area contributed by atoms with E-state index >= 15 is 0 Å². The van der Waals surface area contributed by atoms with Crippen LogP contribution in [0, 0.1) is 5.82 Å². The van der Waals surface area contributed by atoms with Gasteiger partial charge in [0, 0.05) is 23.8 Å². The van der Waals surface area contributed by atoms with E-state index in [1.54, 1.807) is 42.4 Å². The molecular weight excluding hydrogens is 387 g/mol. The Morgan fingerprint density at radius 2 is 1.66 bits per heavy atom. The third-order valence-electron chi connectivity index (χ3n) is 4.28. The van der Waals surface area contributed by atoms with Gasteiger partial charge in [-0.2, -0.15) is 0 Å². The van der Waals surface area contributed by atoms with Crippen LogP contribution in [-0.2, 0) is 13.0 Å². The minimum atomic E-state index is -0.398. The van der Waals surface area contributed by atoms with Crippen LogP contribution in [0.25, 0.3) is 5.69 Å². The molecule has 0 saturated heterocycles. The molecule has 0 aliphatic rings. The summed E-state index contributed by atoms with van der Waals surface area (Å²) in [6.07, 6.45) is 4.49. The van der Waals surface area contributed by atoms with Crippen molar-refractivity contribution in [1.29, 1.82) is 0 Å². The molecule has 0 N–H and O–H groups in total. The summed E-state index contributed by atoms with van der Waals surface area (Å²) in [6, 6.07) is 20.2. The molecule has 0 saturated carbocycles. The van der Waals surface area contributed by atoms with Crippen LogP contribution in [0.2, 0.25) is 0 Å². The van der Waals surface area contributed by atoms with Gasteiger partial charge in [0.2, 0.25) is 0 Å². The number of rotatable bonds is 8. The smallest absolute Gasteiger partial charge is 0.195 e. The molecule has 7 heteroatoms. The van der Waals surface area contributed by atoms with Crippen LogP contribution in [0.1, 0.15) is 11.4 Å². The fourth-order valence-corrected chi connectivity index (χ4v) is 3.80. The van der Waals surface area contributed by atoms with E-state index in [4.69, 9.17) is 4.74 Å². The highest BCUT2D eigenvalue weighted by Crippen LogP contribution is 2.24. The average molecular weight is 406 g/mol. The Balaban J connectivity index is 1.53. The fraction of sp³-hybridized carbons (Fsp3) is 0.136. The van der Waals surface area contributed by atoms with E-state index in [2.05, 4.69) is 15.2 Å². The number of pyridine rings is 1. The molecule has 0 bridgehead atoms. The molecule has 0 unspecified atom stereocenters. The predicted molar refractivity (Wildman–Crippen MR) is 111 cm³/mol. The number of nitrogens with zero attached hydrogens (tertiary/aromatic N) is 4. The highest BCUT2D eigenvalue weighted by molar-refractivity contribution is 7.99. The van der Waals surface area contributed by atoms with Crippen molar-refractivity contribution in [3.63, 3.8) is 0 Å². The number of hydrogen-bond donors (Lipinski definition) is 0. The zero-order chi connectivity index (χ0) is 19.9. The Morgan fingerprint density at radius 3 is 2.45 bits per heavy atom. The van der Waals surface area contributed by atoms with Crippen molar-refractivity contribution < 1.29 is 9.13 Å². The number of thioether (sulfide) groups is 1. The number of halogens is 1. The Kier molecular flexibility index (Phi) is 6.16. The topological polar surface area (TPSA) is 52.8 Å². The summed E-state index contributed by atoms with van der Waals surface area (Å²) in [5.41, 5.74) is 2.16. The highest BCUT2D eigenvalue weighted by Gasteiger charge is 2.15. The second-order valence-corrected chi connectivity index (χ2v) is 7.30. The molecule has 0 aliphatic carbocycles. The lowest BCUT2D eigenvalue weighted by Gasteiger charge is -2.11. The van der Waals surface area contributed by atoms with E-state index < -0.39 is 5.82 Å². The Labute approximate surface area is 172 Å². The lowest BCUT2D eigenvalue weighted by atomic mass is 10.2. The minimum absolute atomic E-state index is 0.119. The van der Waals surface area contributed by atoms with Gasteiger partial charge in [0.25, 0.3) is 0 Å². The first-order valence-electron chi connectivity index (χ1n) is 9.20. The average Bonchev–Trinajstić information content (AvgIpc) is 3.17. The van der Waals surface area contributed by atoms with Gasteiger partial charge in [-0.05, 0) is 48.4 Å². The summed E-state index contributed by atoms with van der Waals surface area (Å²) < 4.78 is 21.5. The van der Waals surface area contributed by atoms with E-state index in [1.807, 2.05) is 47.0 Å². The molecular formula is C22H19FN4OS. The first-order chi connectivity index (χ1) is 14.3. The number of aryl methyl sites for hydroxylation is 1. The van der Waals surface area contributed by atoms with Crippen LogP contribution >= 0.6 is 11.8 Å². The minimum Gasteiger partial charge on any atom is -0.483 e. The van der Waals surface area contributed by atoms with Gasteiger partial charge in [-0.3, -0.25) is 9.55 Å². The largest absolute Gasteiger partial charge is 0.483 e. The summed E-state index contributed by atoms with van der Waals surface area (Å²) in [7, 11) is 0. The first kappa shape index (κ1) is 19.1. The molecule has 29 heavy (non-hydrogen) atoms. The fourth-order valence-electron chi connectivity index (χ4n) is 2.84. The molecule has 0 radical (unpaired) electrons. The van der Waals surface area contributed by atoms with E-state index in [0.717, 1.165) is 23.0 Å². The molecule has 4 aromatic rings. The van der Waals surface area contributed by atoms with Crippen molar-refractivity contribution in [2.24, 2.45) is 0 Å².